The van der Waals surface area contributed by atoms with Crippen LogP contribution in [0.5, 0.6) is 11.5 Å². The molecule has 0 bridgehead atoms. The number of Topliss-reactive ketones (excluding diaryl/α,β-unsaturated/α-hetero) is 1. The van der Waals surface area contributed by atoms with E-state index in [0.29, 0.717) is 21.9 Å². The number of nitrogens with zero attached hydrogens (tertiary/aromatic N) is 2. The summed E-state index contributed by atoms with van der Waals surface area (Å²) in [7, 11) is 3.29. The number of ether oxygens (including phenoxy) is 2. The quantitative estimate of drug-likeness (QED) is 0.788. The van der Waals surface area contributed by atoms with E-state index in [0.717, 1.165) is 0 Å². The van der Waals surface area contributed by atoms with Crippen LogP contribution in [0.1, 0.15) is 17.3 Å². The largest absolute Gasteiger partial charge is 0.493 e. The van der Waals surface area contributed by atoms with Crippen molar-refractivity contribution >= 4 is 23.0 Å². The van der Waals surface area contributed by atoms with Crippen molar-refractivity contribution in [3.8, 4) is 11.5 Å². The minimum Gasteiger partial charge on any atom is -0.493 e. The number of hydrogen-bond acceptors (Lipinski definition) is 5. The van der Waals surface area contributed by atoms with Gasteiger partial charge in [0.25, 0.3) is 5.91 Å². The third kappa shape index (κ3) is 3.82. The van der Waals surface area contributed by atoms with Crippen molar-refractivity contribution in [3.05, 3.63) is 40.1 Å². The van der Waals surface area contributed by atoms with Crippen LogP contribution in [0.15, 0.2) is 34.8 Å². The summed E-state index contributed by atoms with van der Waals surface area (Å²) < 4.78 is 12.4. The van der Waals surface area contributed by atoms with E-state index in [2.05, 4.69) is 4.99 Å². The topological polar surface area (TPSA) is 69.9 Å². The van der Waals surface area contributed by atoms with Crippen LogP contribution >= 0.6 is 11.3 Å². The summed E-state index contributed by atoms with van der Waals surface area (Å²) in [6, 6.07) is 4.81. The van der Waals surface area contributed by atoms with Gasteiger partial charge < -0.3 is 14.0 Å². The molecule has 2 aromatic rings. The van der Waals surface area contributed by atoms with E-state index in [1.165, 1.54) is 25.4 Å². The second kappa shape index (κ2) is 7.04. The van der Waals surface area contributed by atoms with E-state index in [4.69, 9.17) is 9.47 Å². The van der Waals surface area contributed by atoms with E-state index < -0.39 is 5.91 Å². The second-order valence-corrected chi connectivity index (χ2v) is 5.39. The van der Waals surface area contributed by atoms with Gasteiger partial charge in [-0.15, -0.1) is 11.3 Å². The van der Waals surface area contributed by atoms with Crippen LogP contribution < -0.4 is 14.3 Å². The van der Waals surface area contributed by atoms with E-state index in [1.807, 2.05) is 18.6 Å². The van der Waals surface area contributed by atoms with Gasteiger partial charge in [-0.3, -0.25) is 9.59 Å². The Morgan fingerprint density at radius 3 is 2.68 bits per heavy atom. The van der Waals surface area contributed by atoms with Crippen molar-refractivity contribution in [2.45, 2.75) is 6.92 Å². The number of methoxy groups -OCH3 is 1. The summed E-state index contributed by atoms with van der Waals surface area (Å²) in [5.41, 5.74) is 0.519. The zero-order chi connectivity index (χ0) is 16.1. The lowest BCUT2D eigenvalue weighted by Crippen LogP contribution is -2.17. The minimum atomic E-state index is -0.393. The van der Waals surface area contributed by atoms with E-state index >= 15 is 0 Å². The number of benzene rings is 1. The van der Waals surface area contributed by atoms with Crippen LogP contribution in [-0.2, 0) is 11.8 Å². The summed E-state index contributed by atoms with van der Waals surface area (Å²) >= 11 is 1.37. The lowest BCUT2D eigenvalue weighted by atomic mass is 10.1. The van der Waals surface area contributed by atoms with E-state index in [1.54, 1.807) is 22.8 Å². The molecule has 1 aromatic carbocycles. The van der Waals surface area contributed by atoms with Gasteiger partial charge in [0.15, 0.2) is 28.7 Å². The van der Waals surface area contributed by atoms with Gasteiger partial charge in [-0.05, 0) is 25.1 Å². The molecule has 0 unspecified atom stereocenters. The van der Waals surface area contributed by atoms with E-state index in [-0.39, 0.29) is 12.4 Å². The zero-order valence-electron chi connectivity index (χ0n) is 12.5. The van der Waals surface area contributed by atoms with Crippen molar-refractivity contribution in [2.75, 3.05) is 13.7 Å². The molecule has 0 atom stereocenters. The van der Waals surface area contributed by atoms with Crippen molar-refractivity contribution in [2.24, 2.45) is 12.0 Å². The van der Waals surface area contributed by atoms with Gasteiger partial charge in [0.1, 0.15) is 0 Å². The maximum absolute atomic E-state index is 11.8. The minimum absolute atomic E-state index is 0.0684. The van der Waals surface area contributed by atoms with Crippen molar-refractivity contribution in [1.29, 1.82) is 0 Å². The molecule has 6 nitrogen and oxygen atoms in total. The highest BCUT2D eigenvalue weighted by Crippen LogP contribution is 2.28. The molecule has 116 valence electrons. The summed E-state index contributed by atoms with van der Waals surface area (Å²) in [4.78, 5) is 27.7. The Balaban J connectivity index is 2.10. The van der Waals surface area contributed by atoms with Crippen LogP contribution in [0.2, 0.25) is 0 Å². The number of rotatable bonds is 5. The maximum atomic E-state index is 11.8. The molecule has 0 saturated carbocycles. The number of hydrogen-bond donors (Lipinski definition) is 0. The fourth-order valence-electron chi connectivity index (χ4n) is 1.72. The third-order valence-corrected chi connectivity index (χ3v) is 3.75. The van der Waals surface area contributed by atoms with Crippen molar-refractivity contribution in [1.82, 2.24) is 4.57 Å². The Morgan fingerprint density at radius 1 is 1.32 bits per heavy atom. The molecular formula is C15H16N2O4S. The van der Waals surface area contributed by atoms with Gasteiger partial charge in [-0.1, -0.05) is 0 Å². The lowest BCUT2D eigenvalue weighted by Gasteiger charge is -2.10. The molecular weight excluding hydrogens is 304 g/mol. The lowest BCUT2D eigenvalue weighted by molar-refractivity contribution is -0.120. The first kappa shape index (κ1) is 16.0. The molecule has 0 spiro atoms. The monoisotopic (exact) mass is 320 g/mol. The van der Waals surface area contributed by atoms with Crippen LogP contribution in [-0.4, -0.2) is 30.0 Å². The summed E-state index contributed by atoms with van der Waals surface area (Å²) in [6.07, 6.45) is 1.82. The fourth-order valence-corrected chi connectivity index (χ4v) is 2.47. The molecule has 1 amide bonds. The number of carbonyl (C=O) groups excluding carboxylic acids is 2. The number of aryl methyl sites for hydroxylation is 1. The molecule has 1 aromatic heterocycles. The summed E-state index contributed by atoms with van der Waals surface area (Å²) in [6.45, 7) is 1.27. The molecule has 0 N–H and O–H groups in total. The number of carbonyl (C=O) groups is 2. The summed E-state index contributed by atoms with van der Waals surface area (Å²) in [5.74, 6) is 0.339. The molecule has 7 heteroatoms. The third-order valence-electron chi connectivity index (χ3n) is 2.90. The molecule has 0 aliphatic heterocycles. The molecule has 1 heterocycles. The van der Waals surface area contributed by atoms with Gasteiger partial charge in [0.2, 0.25) is 0 Å². The van der Waals surface area contributed by atoms with Crippen LogP contribution in [0.25, 0.3) is 0 Å². The van der Waals surface area contributed by atoms with Crippen LogP contribution in [0.4, 0.5) is 0 Å². The van der Waals surface area contributed by atoms with Crippen LogP contribution in [0.3, 0.4) is 0 Å². The standard InChI is InChI=1S/C15H16N2O4S/c1-10(18)11-4-5-12(13(8-11)20-3)21-9-14(19)16-15-17(2)6-7-22-15/h4-8H,9H2,1-3H3. The Labute approximate surface area is 131 Å². The highest BCUT2D eigenvalue weighted by atomic mass is 32.1. The average molecular weight is 320 g/mol. The van der Waals surface area contributed by atoms with Gasteiger partial charge in [0, 0.05) is 24.2 Å². The Bertz CT molecular complexity index is 761. The predicted octanol–water partition coefficient (Wildman–Crippen LogP) is 1.80. The maximum Gasteiger partial charge on any atom is 0.286 e. The van der Waals surface area contributed by atoms with E-state index in [9.17, 15) is 9.59 Å². The van der Waals surface area contributed by atoms with Crippen molar-refractivity contribution in [3.63, 3.8) is 0 Å². The van der Waals surface area contributed by atoms with Gasteiger partial charge in [-0.25, -0.2) is 0 Å². The normalized spacial score (nSPS) is 11.3. The first-order valence-corrected chi connectivity index (χ1v) is 7.38. The molecule has 0 aliphatic carbocycles. The van der Waals surface area contributed by atoms with Gasteiger partial charge in [-0.2, -0.15) is 4.99 Å². The first-order valence-electron chi connectivity index (χ1n) is 6.50. The smallest absolute Gasteiger partial charge is 0.286 e. The van der Waals surface area contributed by atoms with Gasteiger partial charge in [0.05, 0.1) is 7.11 Å². The molecule has 0 fully saturated rings. The SMILES string of the molecule is COc1cc(C(C)=O)ccc1OCC(=O)N=c1sccn1C. The Morgan fingerprint density at radius 2 is 2.09 bits per heavy atom. The fraction of sp³-hybridized carbons (Fsp3) is 0.267. The predicted molar refractivity (Wildman–Crippen MR) is 82.4 cm³/mol. The molecule has 0 saturated heterocycles. The second-order valence-electron chi connectivity index (χ2n) is 4.51. The molecule has 0 aliphatic rings. The molecule has 2 rings (SSSR count). The van der Waals surface area contributed by atoms with Gasteiger partial charge >= 0.3 is 0 Å². The number of thiazole rings is 1. The highest BCUT2D eigenvalue weighted by Gasteiger charge is 2.10. The average Bonchev–Trinajstić information content (AvgIpc) is 2.90. The van der Waals surface area contributed by atoms with Crippen LogP contribution in [0, 0.1) is 0 Å². The molecule has 22 heavy (non-hydrogen) atoms. The number of ketones is 1. The zero-order valence-corrected chi connectivity index (χ0v) is 13.3. The first-order chi connectivity index (χ1) is 10.5. The highest BCUT2D eigenvalue weighted by molar-refractivity contribution is 7.07. The number of aromatic nitrogens is 1. The Hall–Kier alpha value is -2.41. The Kier molecular flexibility index (Phi) is 5.11. The molecule has 0 radical (unpaired) electrons. The summed E-state index contributed by atoms with van der Waals surface area (Å²) in [5, 5.41) is 1.84. The van der Waals surface area contributed by atoms with Crippen molar-refractivity contribution < 1.29 is 19.1 Å². The number of amides is 1.